The third-order valence-electron chi connectivity index (χ3n) is 0. The summed E-state index contributed by atoms with van der Waals surface area (Å²) >= 11 is 0. The SMILES string of the molecule is O=C([O-])O.O=C([O-])[O-].O=[N+]([O-])O.[Cu+2].[Na+]. The molecule has 10 nitrogen and oxygen atoms in total. The Bertz CT molecular complexity index is 120. The number of nitrogens with zero attached hydrogens (tertiary/aromatic N) is 1. The Labute approximate surface area is 109 Å². The Morgan fingerprint density at radius 2 is 1.14 bits per heavy atom. The van der Waals surface area contributed by atoms with Crippen LogP contribution in [0.2, 0.25) is 0 Å². The first-order chi connectivity index (χ1) is 5.20. The Kier molecular flexibility index (Phi) is 47.5. The summed E-state index contributed by atoms with van der Waals surface area (Å²) in [4.78, 5) is 25.1. The van der Waals surface area contributed by atoms with Gasteiger partial charge in [0.15, 0.2) is 0 Å². The van der Waals surface area contributed by atoms with Crippen LogP contribution in [0, 0.1) is 10.1 Å². The van der Waals surface area contributed by atoms with Gasteiger partial charge in [-0.15, -0.1) is 10.1 Å². The maximum Gasteiger partial charge on any atom is 2.00 e. The fourth-order valence-corrected chi connectivity index (χ4v) is 0. The van der Waals surface area contributed by atoms with Gasteiger partial charge in [0.1, 0.15) is 0 Å². The van der Waals surface area contributed by atoms with Crippen molar-refractivity contribution in [3.05, 3.63) is 10.1 Å². The van der Waals surface area contributed by atoms with Gasteiger partial charge in [0, 0.05) is 0 Å². The van der Waals surface area contributed by atoms with Gasteiger partial charge in [-0.3, -0.25) is 0 Å². The number of carbonyl (C=O) groups excluding carboxylic acids is 1. The maximum absolute atomic E-state index is 8.44. The monoisotopic (exact) mass is 270 g/mol. The van der Waals surface area contributed by atoms with Crippen LogP contribution >= 0.6 is 0 Å². The molecule has 0 saturated heterocycles. The van der Waals surface area contributed by atoms with E-state index in [1.807, 2.05) is 0 Å². The van der Waals surface area contributed by atoms with Crippen LogP contribution in [0.25, 0.3) is 0 Å². The van der Waals surface area contributed by atoms with Crippen LogP contribution in [0.1, 0.15) is 0 Å². The minimum absolute atomic E-state index is 0. The van der Waals surface area contributed by atoms with Crippen LogP contribution in [-0.4, -0.2) is 27.7 Å². The number of rotatable bonds is 0. The molecule has 81 valence electrons. The van der Waals surface area contributed by atoms with E-state index in [2.05, 4.69) is 0 Å². The van der Waals surface area contributed by atoms with Gasteiger partial charge in [-0.2, -0.15) is 0 Å². The van der Waals surface area contributed by atoms with Crippen molar-refractivity contribution in [2.75, 3.05) is 0 Å². The molecule has 0 aromatic heterocycles. The number of carbonyl (C=O) groups is 2. The molecule has 0 aliphatic heterocycles. The molecule has 1 radical (unpaired) electrons. The van der Waals surface area contributed by atoms with E-state index in [1.54, 1.807) is 0 Å². The molecule has 0 aliphatic carbocycles. The summed E-state index contributed by atoms with van der Waals surface area (Å²) in [5, 5.41) is 45.6. The molecule has 0 spiro atoms. The Hall–Kier alpha value is -0.741. The normalized spacial score (nSPS) is 5.14. The minimum atomic E-state index is -2.33. The topological polar surface area (TPSA) is 187 Å². The van der Waals surface area contributed by atoms with Crippen molar-refractivity contribution in [3.63, 3.8) is 0 Å². The first-order valence-electron chi connectivity index (χ1n) is 1.81. The zero-order chi connectivity index (χ0) is 10.7. The van der Waals surface area contributed by atoms with Crippen LogP contribution in [0.15, 0.2) is 0 Å². The molecule has 0 saturated carbocycles. The van der Waals surface area contributed by atoms with Gasteiger partial charge in [-0.25, -0.2) is 0 Å². The van der Waals surface area contributed by atoms with Gasteiger partial charge in [0.05, 0.1) is 0 Å². The van der Waals surface area contributed by atoms with E-state index in [1.165, 1.54) is 0 Å². The van der Waals surface area contributed by atoms with Crippen molar-refractivity contribution < 1.29 is 86.9 Å². The van der Waals surface area contributed by atoms with Gasteiger partial charge < -0.3 is 35.2 Å². The predicted octanol–water partition coefficient (Wildman–Crippen LogP) is -6.91. The summed E-state index contributed by atoms with van der Waals surface area (Å²) in [6, 6.07) is 0. The quantitative estimate of drug-likeness (QED) is 0.245. The molecular formula is C2H2CuNNaO9. The summed E-state index contributed by atoms with van der Waals surface area (Å²) < 4.78 is 0. The molecule has 0 aromatic rings. The van der Waals surface area contributed by atoms with Crippen molar-refractivity contribution in [1.82, 2.24) is 0 Å². The molecule has 0 bridgehead atoms. The van der Waals surface area contributed by atoms with Gasteiger partial charge in [-0.1, -0.05) is 0 Å². The van der Waals surface area contributed by atoms with E-state index in [0.29, 0.717) is 0 Å². The van der Waals surface area contributed by atoms with Crippen molar-refractivity contribution >= 4 is 12.3 Å². The van der Waals surface area contributed by atoms with Crippen molar-refractivity contribution in [2.45, 2.75) is 0 Å². The molecule has 0 fully saturated rings. The Morgan fingerprint density at radius 3 is 1.14 bits per heavy atom. The predicted molar refractivity (Wildman–Crippen MR) is 22.2 cm³/mol. The van der Waals surface area contributed by atoms with Crippen LogP contribution < -0.4 is 44.9 Å². The first-order valence-corrected chi connectivity index (χ1v) is 1.81. The zero-order valence-electron chi connectivity index (χ0n) is 6.50. The van der Waals surface area contributed by atoms with Gasteiger partial charge in [0.2, 0.25) is 6.16 Å². The fourth-order valence-electron chi connectivity index (χ4n) is 0. The molecule has 0 aromatic carbocycles. The van der Waals surface area contributed by atoms with E-state index >= 15 is 0 Å². The van der Waals surface area contributed by atoms with Crippen LogP contribution in [-0.2, 0) is 17.1 Å². The van der Waals surface area contributed by atoms with Crippen molar-refractivity contribution in [2.24, 2.45) is 0 Å². The number of carboxylic acid groups (broad SMARTS) is 4. The third-order valence-corrected chi connectivity index (χ3v) is 0. The second-order valence-corrected chi connectivity index (χ2v) is 0.754. The first kappa shape index (κ1) is 29.2. The molecule has 14 heavy (non-hydrogen) atoms. The minimum Gasteiger partial charge on any atom is -0.652 e. The largest absolute Gasteiger partial charge is 2.00 e. The van der Waals surface area contributed by atoms with E-state index in [0.717, 1.165) is 0 Å². The second-order valence-electron chi connectivity index (χ2n) is 0.754. The Morgan fingerprint density at radius 1 is 1.14 bits per heavy atom. The van der Waals surface area contributed by atoms with Gasteiger partial charge in [-0.05, 0) is 6.16 Å². The van der Waals surface area contributed by atoms with E-state index in [-0.39, 0.29) is 46.6 Å². The van der Waals surface area contributed by atoms with E-state index in [4.69, 9.17) is 45.3 Å². The number of hydrogen-bond acceptors (Lipinski definition) is 7. The molecule has 0 unspecified atom stereocenters. The maximum atomic E-state index is 8.44. The molecule has 0 aliphatic rings. The van der Waals surface area contributed by atoms with Crippen LogP contribution in [0.5, 0.6) is 0 Å². The average molecular weight is 271 g/mol. The molecule has 12 heteroatoms. The van der Waals surface area contributed by atoms with E-state index in [9.17, 15) is 0 Å². The summed E-state index contributed by atoms with van der Waals surface area (Å²) in [6.07, 6.45) is -4.42. The standard InChI is InChI=1S/2CH2O3.Cu.HNO3.Na/c2*2-1(3)4;;2-1(3)4;/h2*(H2,2,3,4);;(H,2,3,4);/q;;+2;;+1/p-3. The van der Waals surface area contributed by atoms with E-state index < -0.39 is 17.4 Å². The second kappa shape index (κ2) is 22.8. The summed E-state index contributed by atoms with van der Waals surface area (Å²) in [6.45, 7) is 0. The molecule has 2 N–H and O–H groups in total. The van der Waals surface area contributed by atoms with Gasteiger partial charge in [0.25, 0.3) is 5.09 Å². The molecular weight excluding hydrogens is 269 g/mol. The molecule has 0 rings (SSSR count). The Balaban J connectivity index is -0.0000000270. The molecule has 0 atom stereocenters. The fraction of sp³-hybridized carbons (Fsp3) is 0. The average Bonchev–Trinajstić information content (AvgIpc) is 1.54. The zero-order valence-corrected chi connectivity index (χ0v) is 9.44. The molecule has 0 heterocycles. The van der Waals surface area contributed by atoms with Crippen LogP contribution in [0.3, 0.4) is 0 Å². The van der Waals surface area contributed by atoms with Crippen LogP contribution in [0.4, 0.5) is 9.59 Å². The van der Waals surface area contributed by atoms with Gasteiger partial charge >= 0.3 is 46.6 Å². The third kappa shape index (κ3) is 2160. The van der Waals surface area contributed by atoms with Crippen molar-refractivity contribution in [3.8, 4) is 0 Å². The number of hydrogen-bond donors (Lipinski definition) is 2. The molecule has 0 amide bonds. The van der Waals surface area contributed by atoms with Crippen molar-refractivity contribution in [1.29, 1.82) is 0 Å². The smallest absolute Gasteiger partial charge is 0.652 e. The summed E-state index contributed by atoms with van der Waals surface area (Å²) in [7, 11) is 0. The summed E-state index contributed by atoms with van der Waals surface area (Å²) in [5.74, 6) is 0. The summed E-state index contributed by atoms with van der Waals surface area (Å²) in [5.41, 5.74) is 0.